The number of halogens is 2. The van der Waals surface area contributed by atoms with Crippen LogP contribution in [0.25, 0.3) is 10.2 Å². The lowest BCUT2D eigenvalue weighted by molar-refractivity contribution is 1.44. The molecule has 1 N–H and O–H groups in total. The van der Waals surface area contributed by atoms with Gasteiger partial charge in [0, 0.05) is 0 Å². The van der Waals surface area contributed by atoms with Gasteiger partial charge >= 0.3 is 0 Å². The molecule has 90 valence electrons. The molecule has 2 nitrogen and oxygen atoms in total. The van der Waals surface area contributed by atoms with Crippen molar-refractivity contribution in [3.8, 4) is 0 Å². The Morgan fingerprint density at radius 3 is 2.39 bits per heavy atom. The first-order chi connectivity index (χ1) is 8.74. The predicted octanol–water partition coefficient (Wildman–Crippen LogP) is 5.35. The van der Waals surface area contributed by atoms with Crippen LogP contribution >= 0.6 is 34.5 Å². The summed E-state index contributed by atoms with van der Waals surface area (Å²) < 4.78 is 1.13. The Morgan fingerprint density at radius 1 is 0.944 bits per heavy atom. The Labute approximate surface area is 118 Å². The summed E-state index contributed by atoms with van der Waals surface area (Å²) in [5.41, 5.74) is 1.66. The van der Waals surface area contributed by atoms with Gasteiger partial charge in [-0.15, -0.1) is 0 Å². The molecule has 0 amide bonds. The van der Waals surface area contributed by atoms with Gasteiger partial charge in [0.2, 0.25) is 0 Å². The predicted molar refractivity (Wildman–Crippen MR) is 79.4 cm³/mol. The minimum Gasteiger partial charge on any atom is -0.329 e. The number of anilines is 2. The Hall–Kier alpha value is -1.29. The van der Waals surface area contributed by atoms with E-state index in [0.29, 0.717) is 15.7 Å². The minimum atomic E-state index is 0.585. The van der Waals surface area contributed by atoms with Crippen molar-refractivity contribution in [1.29, 1.82) is 0 Å². The van der Waals surface area contributed by atoms with E-state index in [1.807, 2.05) is 30.3 Å². The smallest absolute Gasteiger partial charge is 0.188 e. The van der Waals surface area contributed by atoms with Crippen molar-refractivity contribution in [2.24, 2.45) is 0 Å². The molecule has 0 fully saturated rings. The fourth-order valence-corrected chi connectivity index (χ4v) is 3.01. The van der Waals surface area contributed by atoms with Gasteiger partial charge in [-0.05, 0) is 24.3 Å². The first kappa shape index (κ1) is 11.8. The number of aromatic nitrogens is 1. The van der Waals surface area contributed by atoms with Crippen molar-refractivity contribution in [1.82, 2.24) is 4.98 Å². The van der Waals surface area contributed by atoms with Gasteiger partial charge in [-0.1, -0.05) is 52.7 Å². The van der Waals surface area contributed by atoms with Crippen LogP contribution < -0.4 is 5.32 Å². The summed E-state index contributed by atoms with van der Waals surface area (Å²) in [5, 5.41) is 5.13. The number of rotatable bonds is 2. The summed E-state index contributed by atoms with van der Waals surface area (Å²) in [6.07, 6.45) is 0. The molecular formula is C13H8Cl2N2S. The van der Waals surface area contributed by atoms with Crippen molar-refractivity contribution in [3.63, 3.8) is 0 Å². The van der Waals surface area contributed by atoms with Crippen LogP contribution in [0.1, 0.15) is 0 Å². The standard InChI is InChI=1S/C13H8Cl2N2S/c14-8-4-3-5-9(15)12(8)17-13-16-10-6-1-2-7-11(10)18-13/h1-7H,(H,16,17). The number of hydrogen-bond donors (Lipinski definition) is 1. The number of benzene rings is 2. The number of nitrogens with one attached hydrogen (secondary N) is 1. The second-order valence-electron chi connectivity index (χ2n) is 3.71. The zero-order valence-electron chi connectivity index (χ0n) is 9.15. The second kappa shape index (κ2) is 4.76. The van der Waals surface area contributed by atoms with Crippen molar-refractivity contribution < 1.29 is 0 Å². The third kappa shape index (κ3) is 2.17. The molecule has 0 saturated heterocycles. The number of para-hydroxylation sites is 2. The lowest BCUT2D eigenvalue weighted by atomic mass is 10.3. The SMILES string of the molecule is Clc1cccc(Cl)c1Nc1nc2ccccc2s1. The quantitative estimate of drug-likeness (QED) is 0.689. The fourth-order valence-electron chi connectivity index (χ4n) is 1.65. The lowest BCUT2D eigenvalue weighted by Crippen LogP contribution is -1.91. The molecule has 0 bridgehead atoms. The van der Waals surface area contributed by atoms with Gasteiger partial charge in [0.05, 0.1) is 25.9 Å². The molecule has 0 aliphatic carbocycles. The summed E-state index contributed by atoms with van der Waals surface area (Å²) >= 11 is 13.8. The maximum atomic E-state index is 6.11. The van der Waals surface area contributed by atoms with Crippen molar-refractivity contribution in [2.75, 3.05) is 5.32 Å². The van der Waals surface area contributed by atoms with Crippen LogP contribution in [0.15, 0.2) is 42.5 Å². The Bertz CT molecular complexity index is 656. The van der Waals surface area contributed by atoms with Gasteiger partial charge in [0.25, 0.3) is 0 Å². The third-order valence-electron chi connectivity index (χ3n) is 2.49. The highest BCUT2D eigenvalue weighted by Crippen LogP contribution is 2.35. The zero-order valence-corrected chi connectivity index (χ0v) is 11.5. The first-order valence-electron chi connectivity index (χ1n) is 5.30. The summed E-state index contributed by atoms with van der Waals surface area (Å²) in [6.45, 7) is 0. The van der Waals surface area contributed by atoms with E-state index in [0.717, 1.165) is 15.3 Å². The highest BCUT2D eigenvalue weighted by molar-refractivity contribution is 7.22. The zero-order chi connectivity index (χ0) is 12.5. The molecule has 0 aliphatic rings. The van der Waals surface area contributed by atoms with Gasteiger partial charge in [-0.3, -0.25) is 0 Å². The lowest BCUT2D eigenvalue weighted by Gasteiger charge is -2.06. The van der Waals surface area contributed by atoms with Gasteiger partial charge in [0.1, 0.15) is 0 Å². The molecule has 1 aromatic heterocycles. The third-order valence-corrected chi connectivity index (χ3v) is 4.07. The van der Waals surface area contributed by atoms with Gasteiger partial charge in [-0.25, -0.2) is 4.98 Å². The molecule has 0 atom stereocenters. The van der Waals surface area contributed by atoms with E-state index >= 15 is 0 Å². The van der Waals surface area contributed by atoms with E-state index in [9.17, 15) is 0 Å². The topological polar surface area (TPSA) is 24.9 Å². The normalized spacial score (nSPS) is 10.8. The first-order valence-corrected chi connectivity index (χ1v) is 6.88. The van der Waals surface area contributed by atoms with Gasteiger partial charge < -0.3 is 5.32 Å². The summed E-state index contributed by atoms with van der Waals surface area (Å²) in [4.78, 5) is 4.48. The molecule has 0 saturated carbocycles. The molecular weight excluding hydrogens is 287 g/mol. The van der Waals surface area contributed by atoms with E-state index in [2.05, 4.69) is 10.3 Å². The largest absolute Gasteiger partial charge is 0.329 e. The molecule has 0 unspecified atom stereocenters. The maximum absolute atomic E-state index is 6.11. The molecule has 0 aliphatic heterocycles. The van der Waals surface area contributed by atoms with Crippen LogP contribution in [0.2, 0.25) is 10.0 Å². The average molecular weight is 295 g/mol. The van der Waals surface area contributed by atoms with E-state index < -0.39 is 0 Å². The maximum Gasteiger partial charge on any atom is 0.188 e. The average Bonchev–Trinajstić information content (AvgIpc) is 2.76. The summed E-state index contributed by atoms with van der Waals surface area (Å²) in [5.74, 6) is 0. The number of nitrogens with zero attached hydrogens (tertiary/aromatic N) is 1. The van der Waals surface area contributed by atoms with Crippen LogP contribution in [-0.4, -0.2) is 4.98 Å². The van der Waals surface area contributed by atoms with E-state index in [1.165, 1.54) is 0 Å². The van der Waals surface area contributed by atoms with Crippen LogP contribution in [0.5, 0.6) is 0 Å². The number of fused-ring (bicyclic) bond motifs is 1. The molecule has 1 heterocycles. The van der Waals surface area contributed by atoms with Gasteiger partial charge in [-0.2, -0.15) is 0 Å². The summed E-state index contributed by atoms with van der Waals surface area (Å²) in [7, 11) is 0. The van der Waals surface area contributed by atoms with Crippen molar-refractivity contribution >= 4 is 55.6 Å². The Morgan fingerprint density at radius 2 is 1.67 bits per heavy atom. The molecule has 0 spiro atoms. The van der Waals surface area contributed by atoms with Crippen LogP contribution in [-0.2, 0) is 0 Å². The van der Waals surface area contributed by atoms with E-state index in [-0.39, 0.29) is 0 Å². The molecule has 5 heteroatoms. The van der Waals surface area contributed by atoms with Crippen molar-refractivity contribution in [3.05, 3.63) is 52.5 Å². The Balaban J connectivity index is 2.01. The Kier molecular flexibility index (Phi) is 3.12. The fraction of sp³-hybridized carbons (Fsp3) is 0. The minimum absolute atomic E-state index is 0.585. The highest BCUT2D eigenvalue weighted by Gasteiger charge is 2.08. The number of hydrogen-bond acceptors (Lipinski definition) is 3. The molecule has 18 heavy (non-hydrogen) atoms. The summed E-state index contributed by atoms with van der Waals surface area (Å²) in [6, 6.07) is 13.4. The second-order valence-corrected chi connectivity index (χ2v) is 5.55. The van der Waals surface area contributed by atoms with Crippen LogP contribution in [0, 0.1) is 0 Å². The van der Waals surface area contributed by atoms with Crippen LogP contribution in [0.4, 0.5) is 10.8 Å². The number of thiazole rings is 1. The van der Waals surface area contributed by atoms with E-state index in [1.54, 1.807) is 23.5 Å². The molecule has 3 rings (SSSR count). The molecule has 3 aromatic rings. The monoisotopic (exact) mass is 294 g/mol. The van der Waals surface area contributed by atoms with E-state index in [4.69, 9.17) is 23.2 Å². The molecule has 0 radical (unpaired) electrons. The van der Waals surface area contributed by atoms with Gasteiger partial charge in [0.15, 0.2) is 5.13 Å². The highest BCUT2D eigenvalue weighted by atomic mass is 35.5. The molecule has 2 aromatic carbocycles. The van der Waals surface area contributed by atoms with Crippen LogP contribution in [0.3, 0.4) is 0 Å². The van der Waals surface area contributed by atoms with Crippen molar-refractivity contribution in [2.45, 2.75) is 0 Å².